The van der Waals surface area contributed by atoms with Gasteiger partial charge in [0.2, 0.25) is 0 Å². The number of halogens is 1. The summed E-state index contributed by atoms with van der Waals surface area (Å²) in [6.07, 6.45) is 0.813. The van der Waals surface area contributed by atoms with Crippen LogP contribution in [0.1, 0.15) is 58.1 Å². The molecule has 0 radical (unpaired) electrons. The second kappa shape index (κ2) is 10.8. The van der Waals surface area contributed by atoms with Gasteiger partial charge in [-0.25, -0.2) is 9.78 Å². The highest BCUT2D eigenvalue weighted by Gasteiger charge is 2.36. The van der Waals surface area contributed by atoms with E-state index in [2.05, 4.69) is 32.5 Å². The van der Waals surface area contributed by atoms with Crippen molar-refractivity contribution < 1.29 is 19.1 Å². The lowest BCUT2D eigenvalue weighted by Gasteiger charge is -2.39. The number of hydrogen-bond donors (Lipinski definition) is 3. The Kier molecular flexibility index (Phi) is 7.58. The zero-order chi connectivity index (χ0) is 27.9. The lowest BCUT2D eigenvalue weighted by atomic mass is 9.99. The predicted octanol–water partition coefficient (Wildman–Crippen LogP) is 3.80. The molecule has 1 fully saturated rings. The molecule has 1 saturated heterocycles. The van der Waals surface area contributed by atoms with E-state index in [0.29, 0.717) is 28.7 Å². The summed E-state index contributed by atoms with van der Waals surface area (Å²) in [6.45, 7) is 7.70. The molecule has 10 nitrogen and oxygen atoms in total. The molecule has 39 heavy (non-hydrogen) atoms. The van der Waals surface area contributed by atoms with Crippen LogP contribution in [0.5, 0.6) is 0 Å². The number of nitrogens with zero attached hydrogens (tertiary/aromatic N) is 3. The van der Waals surface area contributed by atoms with Gasteiger partial charge in [0.1, 0.15) is 11.3 Å². The number of carbonyl (C=O) groups excluding carboxylic acids is 3. The quantitative estimate of drug-likeness (QED) is 0.437. The molecule has 0 bridgehead atoms. The number of aromatic nitrogens is 2. The Morgan fingerprint density at radius 1 is 1.13 bits per heavy atom. The summed E-state index contributed by atoms with van der Waals surface area (Å²) < 4.78 is 5.56. The largest absolute Gasteiger partial charge is 0.444 e. The first-order valence-corrected chi connectivity index (χ1v) is 14.2. The van der Waals surface area contributed by atoms with Crippen LogP contribution in [-0.2, 0) is 17.7 Å². The third kappa shape index (κ3) is 6.37. The van der Waals surface area contributed by atoms with E-state index in [9.17, 15) is 14.4 Å². The minimum absolute atomic E-state index is 0.191. The Bertz CT molecular complexity index is 1410. The Labute approximate surface area is 236 Å². The molecule has 12 heteroatoms. The predicted molar refractivity (Wildman–Crippen MR) is 150 cm³/mol. The number of fused-ring (bicyclic) bond motifs is 2. The fourth-order valence-electron chi connectivity index (χ4n) is 4.89. The number of aromatic amines is 1. The molecule has 208 valence electrons. The van der Waals surface area contributed by atoms with Crippen molar-refractivity contribution in [2.45, 2.75) is 57.8 Å². The molecule has 2 aliphatic rings. The zero-order valence-corrected chi connectivity index (χ0v) is 24.0. The molecule has 0 unspecified atom stereocenters. The van der Waals surface area contributed by atoms with E-state index in [1.807, 2.05) is 26.8 Å². The van der Waals surface area contributed by atoms with Crippen LogP contribution in [0, 0.1) is 0 Å². The fraction of sp³-hybridized carbons (Fsp3) is 0.481. The van der Waals surface area contributed by atoms with Crippen molar-refractivity contribution >= 4 is 51.7 Å². The molecule has 3 aromatic rings. The first-order chi connectivity index (χ1) is 18.4. The van der Waals surface area contributed by atoms with Gasteiger partial charge in [-0.3, -0.25) is 9.59 Å². The molecule has 3 amide bonds. The summed E-state index contributed by atoms with van der Waals surface area (Å²) in [5.41, 5.74) is 1.48. The molecule has 2 aromatic heterocycles. The standard InChI is InChI=1S/C27H33ClN6O4S/c1-27(2,3)38-26(37)34-10-8-18(30-24(36)25-32-19-7-9-33(4)14-22(19)39-25)21(13-34)31-23(35)20-12-15-11-16(28)5-6-17(15)29-20/h5-6,11-12,18,21,29H,7-10,13-14H2,1-4H3,(H,30,36)(H,31,35)/t18-,21+/m0/s1. The van der Waals surface area contributed by atoms with E-state index in [1.165, 1.54) is 11.3 Å². The van der Waals surface area contributed by atoms with E-state index in [0.717, 1.165) is 41.0 Å². The number of hydrogen-bond acceptors (Lipinski definition) is 7. The summed E-state index contributed by atoms with van der Waals surface area (Å²) in [4.78, 5) is 52.0. The zero-order valence-electron chi connectivity index (χ0n) is 22.5. The van der Waals surface area contributed by atoms with Crippen molar-refractivity contribution in [1.29, 1.82) is 0 Å². The van der Waals surface area contributed by atoms with Crippen LogP contribution in [0.4, 0.5) is 4.79 Å². The maximum atomic E-state index is 13.3. The maximum Gasteiger partial charge on any atom is 0.410 e. The number of nitrogens with one attached hydrogen (secondary N) is 3. The number of likely N-dealkylation sites (N-methyl/N-ethyl adjacent to an activating group) is 1. The van der Waals surface area contributed by atoms with Gasteiger partial charge in [-0.05, 0) is 58.5 Å². The molecular formula is C27H33ClN6O4S. The normalized spacial score (nSPS) is 20.0. The molecule has 3 N–H and O–H groups in total. The van der Waals surface area contributed by atoms with Crippen LogP contribution in [0.3, 0.4) is 0 Å². The van der Waals surface area contributed by atoms with Crippen molar-refractivity contribution in [3.8, 4) is 0 Å². The van der Waals surface area contributed by atoms with E-state index in [4.69, 9.17) is 16.3 Å². The first kappa shape index (κ1) is 27.4. The second-order valence-electron chi connectivity index (χ2n) is 11.2. The van der Waals surface area contributed by atoms with Crippen LogP contribution >= 0.6 is 22.9 Å². The molecule has 5 rings (SSSR count). The van der Waals surface area contributed by atoms with E-state index in [1.54, 1.807) is 23.1 Å². The lowest BCUT2D eigenvalue weighted by molar-refractivity contribution is 0.0161. The van der Waals surface area contributed by atoms with Crippen LogP contribution in [0.2, 0.25) is 5.02 Å². The molecular weight excluding hydrogens is 540 g/mol. The SMILES string of the molecule is CN1CCc2nc(C(=O)N[C@H]3CCN(C(=O)OC(C)(C)C)C[C@H]3NC(=O)c3cc4cc(Cl)ccc4[nH]3)sc2C1. The van der Waals surface area contributed by atoms with Crippen LogP contribution in [0.15, 0.2) is 24.3 Å². The van der Waals surface area contributed by atoms with E-state index >= 15 is 0 Å². The molecule has 0 spiro atoms. The van der Waals surface area contributed by atoms with Crippen LogP contribution in [-0.4, -0.2) is 82.0 Å². The number of H-pyrrole nitrogens is 1. The summed E-state index contributed by atoms with van der Waals surface area (Å²) in [7, 11) is 2.05. The third-order valence-electron chi connectivity index (χ3n) is 6.84. The van der Waals surface area contributed by atoms with Gasteiger partial charge in [-0.15, -0.1) is 11.3 Å². The van der Waals surface area contributed by atoms with Gasteiger partial charge in [0, 0.05) is 53.4 Å². The van der Waals surface area contributed by atoms with Gasteiger partial charge in [0.15, 0.2) is 5.01 Å². The van der Waals surface area contributed by atoms with Gasteiger partial charge >= 0.3 is 6.09 Å². The second-order valence-corrected chi connectivity index (χ2v) is 12.7. The summed E-state index contributed by atoms with van der Waals surface area (Å²) in [5, 5.41) is 7.92. The Balaban J connectivity index is 1.34. The third-order valence-corrected chi connectivity index (χ3v) is 8.16. The van der Waals surface area contributed by atoms with Crippen molar-refractivity contribution in [3.05, 3.63) is 50.6 Å². The number of piperidine rings is 1. The average Bonchev–Trinajstić information content (AvgIpc) is 3.47. The highest BCUT2D eigenvalue weighted by atomic mass is 35.5. The summed E-state index contributed by atoms with van der Waals surface area (Å²) >= 11 is 7.51. The molecule has 1 aromatic carbocycles. The number of rotatable bonds is 4. The van der Waals surface area contributed by atoms with Crippen molar-refractivity contribution in [2.24, 2.45) is 0 Å². The van der Waals surface area contributed by atoms with E-state index in [-0.39, 0.29) is 18.4 Å². The van der Waals surface area contributed by atoms with Gasteiger partial charge in [-0.1, -0.05) is 11.6 Å². The van der Waals surface area contributed by atoms with E-state index < -0.39 is 23.8 Å². The fourth-order valence-corrected chi connectivity index (χ4v) is 6.16. The highest BCUT2D eigenvalue weighted by molar-refractivity contribution is 7.13. The Hall–Kier alpha value is -3.15. The molecule has 2 aliphatic heterocycles. The van der Waals surface area contributed by atoms with Crippen molar-refractivity contribution in [2.75, 3.05) is 26.7 Å². The van der Waals surface area contributed by atoms with Crippen molar-refractivity contribution in [1.82, 2.24) is 30.4 Å². The van der Waals surface area contributed by atoms with Crippen LogP contribution in [0.25, 0.3) is 10.9 Å². The number of likely N-dealkylation sites (tertiary alicyclic amines) is 1. The van der Waals surface area contributed by atoms with Gasteiger partial charge in [0.25, 0.3) is 11.8 Å². The number of ether oxygens (including phenoxy) is 1. The molecule has 4 heterocycles. The summed E-state index contributed by atoms with van der Waals surface area (Å²) in [6, 6.07) is 6.13. The molecule has 0 aliphatic carbocycles. The van der Waals surface area contributed by atoms with Gasteiger partial charge in [-0.2, -0.15) is 0 Å². The number of carbonyl (C=O) groups is 3. The average molecular weight is 573 g/mol. The Morgan fingerprint density at radius 2 is 1.90 bits per heavy atom. The maximum absolute atomic E-state index is 13.3. The summed E-state index contributed by atoms with van der Waals surface area (Å²) in [5.74, 6) is -0.613. The van der Waals surface area contributed by atoms with Crippen molar-refractivity contribution in [3.63, 3.8) is 0 Å². The number of thiazole rings is 1. The molecule has 0 saturated carbocycles. The van der Waals surface area contributed by atoms with Crippen LogP contribution < -0.4 is 10.6 Å². The molecule has 2 atom stereocenters. The smallest absolute Gasteiger partial charge is 0.410 e. The number of benzene rings is 1. The van der Waals surface area contributed by atoms with Gasteiger partial charge < -0.3 is 30.2 Å². The minimum Gasteiger partial charge on any atom is -0.444 e. The topological polar surface area (TPSA) is 120 Å². The number of amides is 3. The first-order valence-electron chi connectivity index (χ1n) is 13.0. The Morgan fingerprint density at radius 3 is 2.67 bits per heavy atom. The lowest BCUT2D eigenvalue weighted by Crippen LogP contribution is -2.61. The minimum atomic E-state index is -0.648. The van der Waals surface area contributed by atoms with Gasteiger partial charge in [0.05, 0.1) is 17.8 Å². The highest BCUT2D eigenvalue weighted by Crippen LogP contribution is 2.25. The monoisotopic (exact) mass is 572 g/mol.